The molecule has 180 valence electrons. The Balaban J connectivity index is 1.44. The van der Waals surface area contributed by atoms with E-state index in [9.17, 15) is 9.59 Å². The van der Waals surface area contributed by atoms with Crippen molar-refractivity contribution in [2.24, 2.45) is 7.05 Å². The summed E-state index contributed by atoms with van der Waals surface area (Å²) >= 11 is 2.84. The van der Waals surface area contributed by atoms with Crippen LogP contribution in [0.15, 0.2) is 29.4 Å². The van der Waals surface area contributed by atoms with Crippen molar-refractivity contribution in [2.75, 3.05) is 31.3 Å². The molecule has 0 aliphatic heterocycles. The molecule has 1 aliphatic carbocycles. The van der Waals surface area contributed by atoms with E-state index in [2.05, 4.69) is 26.9 Å². The average Bonchev–Trinajstić information content (AvgIpc) is 3.37. The van der Waals surface area contributed by atoms with Gasteiger partial charge in [0.25, 0.3) is 5.91 Å². The van der Waals surface area contributed by atoms with Gasteiger partial charge in [-0.25, -0.2) is 0 Å². The Labute approximate surface area is 207 Å². The molecule has 10 heteroatoms. The second-order valence-corrected chi connectivity index (χ2v) is 10.3. The van der Waals surface area contributed by atoms with E-state index in [1.165, 1.54) is 28.0 Å². The van der Waals surface area contributed by atoms with Gasteiger partial charge in [0, 0.05) is 31.1 Å². The molecule has 1 aromatic carbocycles. The number of ether oxygens (including phenoxy) is 1. The second kappa shape index (κ2) is 11.2. The van der Waals surface area contributed by atoms with Crippen LogP contribution in [0, 0.1) is 6.92 Å². The van der Waals surface area contributed by atoms with Crippen LogP contribution >= 0.6 is 23.1 Å². The molecular weight excluding hydrogens is 470 g/mol. The van der Waals surface area contributed by atoms with Crippen molar-refractivity contribution in [1.82, 2.24) is 20.1 Å². The number of thiophene rings is 1. The molecule has 0 spiro atoms. The molecule has 2 amide bonds. The molecule has 4 rings (SSSR count). The number of nitrogens with zero attached hydrogens (tertiary/aromatic N) is 3. The van der Waals surface area contributed by atoms with Crippen LogP contribution in [-0.2, 0) is 29.4 Å². The van der Waals surface area contributed by atoms with Gasteiger partial charge in [-0.2, -0.15) is 0 Å². The zero-order chi connectivity index (χ0) is 24.1. The molecular formula is C24H29N5O3S2. The van der Waals surface area contributed by atoms with Gasteiger partial charge in [0.05, 0.1) is 17.9 Å². The number of rotatable bonds is 9. The Bertz CT molecular complexity index is 1190. The van der Waals surface area contributed by atoms with Gasteiger partial charge in [-0.05, 0) is 44.2 Å². The van der Waals surface area contributed by atoms with Gasteiger partial charge in [0.1, 0.15) is 5.00 Å². The van der Waals surface area contributed by atoms with Gasteiger partial charge in [-0.15, -0.1) is 21.5 Å². The van der Waals surface area contributed by atoms with E-state index < -0.39 is 0 Å². The molecule has 34 heavy (non-hydrogen) atoms. The summed E-state index contributed by atoms with van der Waals surface area (Å²) in [5.74, 6) is 0.602. The summed E-state index contributed by atoms with van der Waals surface area (Å²) in [6, 6.07) is 8.08. The van der Waals surface area contributed by atoms with E-state index in [-0.39, 0.29) is 17.6 Å². The molecule has 2 N–H and O–H groups in total. The molecule has 0 saturated heterocycles. The first-order valence-electron chi connectivity index (χ1n) is 11.3. The number of aromatic nitrogens is 3. The molecule has 0 bridgehead atoms. The minimum atomic E-state index is -0.172. The SMILES string of the molecule is COCCNC(=O)c1c(NC(=O)CSc2nnc(-c3cccc(C)c3)n2C)sc2c1CCCC2. The first kappa shape index (κ1) is 24.4. The number of nitrogens with one attached hydrogen (secondary N) is 2. The molecule has 0 fully saturated rings. The summed E-state index contributed by atoms with van der Waals surface area (Å²) in [5, 5.41) is 15.7. The minimum Gasteiger partial charge on any atom is -0.383 e. The van der Waals surface area contributed by atoms with Crippen molar-refractivity contribution >= 4 is 39.9 Å². The minimum absolute atomic E-state index is 0.157. The Morgan fingerprint density at radius 2 is 2.06 bits per heavy atom. The number of anilines is 1. The van der Waals surface area contributed by atoms with Crippen LogP contribution in [0.5, 0.6) is 0 Å². The molecule has 0 unspecified atom stereocenters. The number of thioether (sulfide) groups is 1. The fourth-order valence-corrected chi connectivity index (χ4v) is 6.03. The molecule has 2 aromatic heterocycles. The molecule has 0 saturated carbocycles. The van der Waals surface area contributed by atoms with Crippen LogP contribution in [0.4, 0.5) is 5.00 Å². The number of methoxy groups -OCH3 is 1. The third kappa shape index (κ3) is 5.51. The summed E-state index contributed by atoms with van der Waals surface area (Å²) in [7, 11) is 3.50. The lowest BCUT2D eigenvalue weighted by atomic mass is 9.95. The van der Waals surface area contributed by atoms with Gasteiger partial charge in [0.2, 0.25) is 5.91 Å². The number of benzene rings is 1. The van der Waals surface area contributed by atoms with E-state index in [1.807, 2.05) is 36.7 Å². The van der Waals surface area contributed by atoms with Crippen molar-refractivity contribution in [3.05, 3.63) is 45.8 Å². The highest BCUT2D eigenvalue weighted by atomic mass is 32.2. The maximum absolute atomic E-state index is 12.9. The first-order valence-corrected chi connectivity index (χ1v) is 13.1. The highest BCUT2D eigenvalue weighted by Crippen LogP contribution is 2.38. The van der Waals surface area contributed by atoms with Crippen molar-refractivity contribution in [1.29, 1.82) is 0 Å². The Kier molecular flexibility index (Phi) is 8.02. The van der Waals surface area contributed by atoms with Crippen molar-refractivity contribution in [3.8, 4) is 11.4 Å². The fourth-order valence-electron chi connectivity index (χ4n) is 4.02. The van der Waals surface area contributed by atoms with E-state index in [0.29, 0.717) is 28.9 Å². The van der Waals surface area contributed by atoms with Gasteiger partial charge in [-0.3, -0.25) is 9.59 Å². The predicted molar refractivity (Wildman–Crippen MR) is 136 cm³/mol. The number of amides is 2. The van der Waals surface area contributed by atoms with Crippen LogP contribution in [0.25, 0.3) is 11.4 Å². The monoisotopic (exact) mass is 499 g/mol. The van der Waals surface area contributed by atoms with Gasteiger partial charge >= 0.3 is 0 Å². The van der Waals surface area contributed by atoms with Crippen molar-refractivity contribution < 1.29 is 14.3 Å². The maximum Gasteiger partial charge on any atom is 0.254 e. The number of carbonyl (C=O) groups excluding carboxylic acids is 2. The lowest BCUT2D eigenvalue weighted by molar-refractivity contribution is -0.113. The van der Waals surface area contributed by atoms with Crippen LogP contribution in [-0.4, -0.2) is 52.6 Å². The summed E-state index contributed by atoms with van der Waals surface area (Å²) in [5.41, 5.74) is 3.81. The summed E-state index contributed by atoms with van der Waals surface area (Å²) in [6.45, 7) is 2.91. The molecule has 0 atom stereocenters. The number of hydrogen-bond acceptors (Lipinski definition) is 7. The smallest absolute Gasteiger partial charge is 0.254 e. The zero-order valence-electron chi connectivity index (χ0n) is 19.6. The Morgan fingerprint density at radius 1 is 1.24 bits per heavy atom. The van der Waals surface area contributed by atoms with E-state index in [0.717, 1.165) is 48.2 Å². The third-order valence-corrected chi connectivity index (χ3v) is 7.91. The van der Waals surface area contributed by atoms with Crippen LogP contribution in [0.2, 0.25) is 0 Å². The quantitative estimate of drug-likeness (QED) is 0.343. The average molecular weight is 500 g/mol. The first-order chi connectivity index (χ1) is 16.5. The normalized spacial score (nSPS) is 12.9. The van der Waals surface area contributed by atoms with Gasteiger partial charge in [-0.1, -0.05) is 35.5 Å². The number of aryl methyl sites for hydroxylation is 2. The van der Waals surface area contributed by atoms with E-state index >= 15 is 0 Å². The Morgan fingerprint density at radius 3 is 2.85 bits per heavy atom. The van der Waals surface area contributed by atoms with Gasteiger partial charge < -0.3 is 19.9 Å². The van der Waals surface area contributed by atoms with Gasteiger partial charge in [0.15, 0.2) is 11.0 Å². The number of fused-ring (bicyclic) bond motifs is 1. The van der Waals surface area contributed by atoms with Crippen molar-refractivity contribution in [2.45, 2.75) is 37.8 Å². The highest BCUT2D eigenvalue weighted by molar-refractivity contribution is 7.99. The molecule has 3 aromatic rings. The lowest BCUT2D eigenvalue weighted by Crippen LogP contribution is -2.29. The summed E-state index contributed by atoms with van der Waals surface area (Å²) < 4.78 is 6.93. The lowest BCUT2D eigenvalue weighted by Gasteiger charge is -2.13. The maximum atomic E-state index is 12.9. The topological polar surface area (TPSA) is 98.1 Å². The number of hydrogen-bond donors (Lipinski definition) is 2. The van der Waals surface area contributed by atoms with E-state index in [4.69, 9.17) is 4.74 Å². The van der Waals surface area contributed by atoms with E-state index in [1.54, 1.807) is 7.11 Å². The molecule has 8 nitrogen and oxygen atoms in total. The molecule has 2 heterocycles. The van der Waals surface area contributed by atoms with Crippen molar-refractivity contribution in [3.63, 3.8) is 0 Å². The zero-order valence-corrected chi connectivity index (χ0v) is 21.3. The molecule has 1 aliphatic rings. The van der Waals surface area contributed by atoms with Crippen LogP contribution < -0.4 is 10.6 Å². The summed E-state index contributed by atoms with van der Waals surface area (Å²) in [6.07, 6.45) is 3.98. The largest absolute Gasteiger partial charge is 0.383 e. The highest BCUT2D eigenvalue weighted by Gasteiger charge is 2.26. The van der Waals surface area contributed by atoms with Crippen LogP contribution in [0.1, 0.15) is 39.2 Å². The Hall–Kier alpha value is -2.69. The number of carbonyl (C=O) groups is 2. The third-order valence-electron chi connectivity index (χ3n) is 5.69. The molecule has 0 radical (unpaired) electrons. The van der Waals surface area contributed by atoms with Crippen LogP contribution in [0.3, 0.4) is 0 Å². The fraction of sp³-hybridized carbons (Fsp3) is 0.417. The second-order valence-electron chi connectivity index (χ2n) is 8.24. The predicted octanol–water partition coefficient (Wildman–Crippen LogP) is 3.84. The standard InChI is InChI=1S/C24H29N5O3S2/c1-15-7-6-8-16(13-15)21-27-28-24(29(21)2)33-14-19(30)26-23-20(22(31)25-11-12-32-3)17-9-4-5-10-18(17)34-23/h6-8,13H,4-5,9-12,14H2,1-3H3,(H,25,31)(H,26,30). The summed E-state index contributed by atoms with van der Waals surface area (Å²) in [4.78, 5) is 26.9.